The number of esters is 1. The fraction of sp³-hybridized carbons (Fsp3) is 0.500. The van der Waals surface area contributed by atoms with Crippen LogP contribution in [0.3, 0.4) is 0 Å². The summed E-state index contributed by atoms with van der Waals surface area (Å²) in [4.78, 5) is 26.8. The number of rotatable bonds is 8. The molecule has 0 unspecified atom stereocenters. The van der Waals surface area contributed by atoms with Gasteiger partial charge in [0.15, 0.2) is 0 Å². The number of anilines is 1. The van der Waals surface area contributed by atoms with Crippen LogP contribution in [0.15, 0.2) is 24.5 Å². The number of ether oxygens (including phenoxy) is 1. The zero-order chi connectivity index (χ0) is 20.1. The van der Waals surface area contributed by atoms with Crippen LogP contribution in [0.1, 0.15) is 49.4 Å². The van der Waals surface area contributed by atoms with Crippen LogP contribution >= 0.6 is 0 Å². The topological polar surface area (TPSA) is 83.1 Å². The van der Waals surface area contributed by atoms with Gasteiger partial charge in [0, 0.05) is 17.4 Å². The fourth-order valence-corrected chi connectivity index (χ4v) is 3.96. The first-order chi connectivity index (χ1) is 14.3. The maximum atomic E-state index is 12.2. The maximum Gasteiger partial charge on any atom is 0.338 e. The maximum absolute atomic E-state index is 12.2. The van der Waals surface area contributed by atoms with E-state index in [0.717, 1.165) is 53.7 Å². The molecule has 0 amide bonds. The molecule has 1 fully saturated rings. The quantitative estimate of drug-likeness (QED) is 0.444. The van der Waals surface area contributed by atoms with Crippen molar-refractivity contribution in [2.24, 2.45) is 0 Å². The summed E-state index contributed by atoms with van der Waals surface area (Å²) in [7, 11) is 0. The lowest BCUT2D eigenvalue weighted by molar-refractivity contribution is 0.0505. The van der Waals surface area contributed by atoms with Gasteiger partial charge in [-0.25, -0.2) is 14.8 Å². The molecule has 4 rings (SSSR count). The van der Waals surface area contributed by atoms with Crippen molar-refractivity contribution in [3.63, 3.8) is 0 Å². The first-order valence-corrected chi connectivity index (χ1v) is 10.7. The Morgan fingerprint density at radius 1 is 1.24 bits per heavy atom. The molecule has 7 heteroatoms. The number of hydrogen-bond acceptors (Lipinski definition) is 6. The number of fused-ring (bicyclic) bond motifs is 3. The number of carbonyl (C=O) groups excluding carboxylic acids is 1. The first-order valence-electron chi connectivity index (χ1n) is 10.7. The molecule has 154 valence electrons. The van der Waals surface area contributed by atoms with E-state index in [0.29, 0.717) is 12.2 Å². The predicted molar refractivity (Wildman–Crippen MR) is 115 cm³/mol. The Kier molecular flexibility index (Phi) is 6.24. The molecule has 3 heterocycles. The Morgan fingerprint density at radius 3 is 2.93 bits per heavy atom. The lowest BCUT2D eigenvalue weighted by Gasteiger charge is -2.26. The minimum Gasteiger partial charge on any atom is -0.462 e. The van der Waals surface area contributed by atoms with Crippen LogP contribution in [-0.4, -0.2) is 58.6 Å². The van der Waals surface area contributed by atoms with Crippen LogP contribution < -0.4 is 5.32 Å². The highest BCUT2D eigenvalue weighted by Crippen LogP contribution is 2.29. The number of likely N-dealkylation sites (tertiary alicyclic amines) is 1. The van der Waals surface area contributed by atoms with Crippen LogP contribution in [0, 0.1) is 0 Å². The summed E-state index contributed by atoms with van der Waals surface area (Å²) in [5.41, 5.74) is 2.18. The second kappa shape index (κ2) is 9.22. The molecular formula is C22H29N5O2. The number of nitrogens with one attached hydrogen (secondary N) is 2. The Balaban J connectivity index is 1.48. The number of hydrogen-bond donors (Lipinski definition) is 2. The number of piperidine rings is 1. The zero-order valence-corrected chi connectivity index (χ0v) is 17.0. The number of aromatic amines is 1. The third-order valence-corrected chi connectivity index (χ3v) is 5.45. The summed E-state index contributed by atoms with van der Waals surface area (Å²) in [6.45, 7) is 6.86. The van der Waals surface area contributed by atoms with E-state index in [1.54, 1.807) is 12.4 Å². The van der Waals surface area contributed by atoms with Crippen molar-refractivity contribution in [1.82, 2.24) is 19.9 Å². The minimum absolute atomic E-state index is 0.297. The van der Waals surface area contributed by atoms with Crippen molar-refractivity contribution < 1.29 is 9.53 Å². The Bertz CT molecular complexity index is 978. The number of benzene rings is 1. The molecule has 3 aromatic rings. The van der Waals surface area contributed by atoms with Gasteiger partial charge >= 0.3 is 5.97 Å². The number of aromatic nitrogens is 3. The smallest absolute Gasteiger partial charge is 0.338 e. The Hall–Kier alpha value is -2.67. The van der Waals surface area contributed by atoms with E-state index in [1.165, 1.54) is 32.4 Å². The van der Waals surface area contributed by atoms with E-state index in [-0.39, 0.29) is 5.97 Å². The number of carbonyl (C=O) groups is 1. The second-order valence-electron chi connectivity index (χ2n) is 7.65. The summed E-state index contributed by atoms with van der Waals surface area (Å²) in [5.74, 6) is 0.538. The lowest BCUT2D eigenvalue weighted by atomic mass is 10.1. The van der Waals surface area contributed by atoms with Gasteiger partial charge in [0.05, 0.1) is 17.6 Å². The van der Waals surface area contributed by atoms with Crippen molar-refractivity contribution in [2.75, 3.05) is 38.1 Å². The zero-order valence-electron chi connectivity index (χ0n) is 17.0. The van der Waals surface area contributed by atoms with Gasteiger partial charge in [0.1, 0.15) is 17.8 Å². The van der Waals surface area contributed by atoms with Crippen LogP contribution in [0.4, 0.5) is 5.82 Å². The van der Waals surface area contributed by atoms with E-state index in [2.05, 4.69) is 25.2 Å². The van der Waals surface area contributed by atoms with Gasteiger partial charge in [-0.3, -0.25) is 0 Å². The van der Waals surface area contributed by atoms with Gasteiger partial charge in [-0.1, -0.05) is 19.4 Å². The minimum atomic E-state index is -0.297. The Morgan fingerprint density at radius 2 is 2.10 bits per heavy atom. The molecule has 7 nitrogen and oxygen atoms in total. The van der Waals surface area contributed by atoms with Gasteiger partial charge in [0.25, 0.3) is 0 Å². The van der Waals surface area contributed by atoms with E-state index in [1.807, 2.05) is 19.1 Å². The van der Waals surface area contributed by atoms with Gasteiger partial charge in [-0.15, -0.1) is 0 Å². The van der Waals surface area contributed by atoms with E-state index in [9.17, 15) is 4.79 Å². The fourth-order valence-electron chi connectivity index (χ4n) is 3.96. The highest BCUT2D eigenvalue weighted by Gasteiger charge is 2.14. The summed E-state index contributed by atoms with van der Waals surface area (Å²) < 4.78 is 5.24. The molecule has 1 aliphatic heterocycles. The molecular weight excluding hydrogens is 366 g/mol. The molecule has 1 saturated heterocycles. The van der Waals surface area contributed by atoms with Gasteiger partial charge in [-0.2, -0.15) is 0 Å². The lowest BCUT2D eigenvalue weighted by Crippen LogP contribution is -2.31. The monoisotopic (exact) mass is 395 g/mol. The molecule has 2 aromatic heterocycles. The SMILES string of the molecule is CCCOC(=O)c1ccc2c(c1)[nH]c1ncnc(NCCCN3CCCCC3)c12. The predicted octanol–water partition coefficient (Wildman–Crippen LogP) is 3.97. The highest BCUT2D eigenvalue weighted by atomic mass is 16.5. The molecule has 0 aliphatic carbocycles. The molecule has 1 aliphatic rings. The molecule has 1 aromatic carbocycles. The molecule has 0 saturated carbocycles. The van der Waals surface area contributed by atoms with Gasteiger partial charge < -0.3 is 19.9 Å². The van der Waals surface area contributed by atoms with Crippen molar-refractivity contribution >= 4 is 33.7 Å². The van der Waals surface area contributed by atoms with Gasteiger partial charge in [0.2, 0.25) is 0 Å². The summed E-state index contributed by atoms with van der Waals surface area (Å²) in [6.07, 6.45) is 7.48. The second-order valence-corrected chi connectivity index (χ2v) is 7.65. The molecule has 0 radical (unpaired) electrons. The van der Waals surface area contributed by atoms with Crippen molar-refractivity contribution in [3.8, 4) is 0 Å². The largest absolute Gasteiger partial charge is 0.462 e. The highest BCUT2D eigenvalue weighted by molar-refractivity contribution is 6.12. The molecule has 0 spiro atoms. The first kappa shape index (κ1) is 19.6. The third-order valence-electron chi connectivity index (χ3n) is 5.45. The van der Waals surface area contributed by atoms with Crippen molar-refractivity contribution in [3.05, 3.63) is 30.1 Å². The van der Waals surface area contributed by atoms with Crippen LogP contribution in [0.2, 0.25) is 0 Å². The molecule has 2 N–H and O–H groups in total. The number of H-pyrrole nitrogens is 1. The molecule has 0 atom stereocenters. The summed E-state index contributed by atoms with van der Waals surface area (Å²) in [6, 6.07) is 5.58. The van der Waals surface area contributed by atoms with Crippen molar-refractivity contribution in [2.45, 2.75) is 39.0 Å². The van der Waals surface area contributed by atoms with Crippen LogP contribution in [0.25, 0.3) is 21.9 Å². The average Bonchev–Trinajstić information content (AvgIpc) is 3.14. The molecule has 29 heavy (non-hydrogen) atoms. The third kappa shape index (κ3) is 4.50. The van der Waals surface area contributed by atoms with E-state index >= 15 is 0 Å². The van der Waals surface area contributed by atoms with Crippen molar-refractivity contribution in [1.29, 1.82) is 0 Å². The van der Waals surface area contributed by atoms with Crippen LogP contribution in [0.5, 0.6) is 0 Å². The normalized spacial score (nSPS) is 15.1. The summed E-state index contributed by atoms with van der Waals surface area (Å²) in [5, 5.41) is 5.45. The number of nitrogens with zero attached hydrogens (tertiary/aromatic N) is 3. The van der Waals surface area contributed by atoms with Crippen LogP contribution in [-0.2, 0) is 4.74 Å². The summed E-state index contributed by atoms with van der Waals surface area (Å²) >= 11 is 0. The average molecular weight is 396 g/mol. The molecule has 0 bridgehead atoms. The van der Waals surface area contributed by atoms with E-state index < -0.39 is 0 Å². The van der Waals surface area contributed by atoms with Gasteiger partial charge in [-0.05, 0) is 57.5 Å². The Labute approximate surface area is 170 Å². The van der Waals surface area contributed by atoms with E-state index in [4.69, 9.17) is 4.74 Å². The standard InChI is InChI=1S/C22H29N5O2/c1-2-13-29-22(28)16-7-8-17-18(14-16)26-21-19(17)20(24-15-25-21)23-9-6-12-27-10-4-3-5-11-27/h7-8,14-15H,2-6,9-13H2,1H3,(H2,23,24,25,26).